The van der Waals surface area contributed by atoms with Crippen molar-refractivity contribution in [3.05, 3.63) is 47.5 Å². The minimum Gasteiger partial charge on any atom is -0.496 e. The first-order valence-electron chi connectivity index (χ1n) is 16.5. The molecule has 0 radical (unpaired) electrons. The van der Waals surface area contributed by atoms with Crippen LogP contribution in [0.5, 0.6) is 5.75 Å². The molecule has 0 spiro atoms. The van der Waals surface area contributed by atoms with Crippen molar-refractivity contribution in [3.8, 4) is 16.9 Å². The lowest BCUT2D eigenvalue weighted by Crippen LogP contribution is -2.62. The number of aliphatic hydroxyl groups excluding tert-OH is 1. The number of aliphatic hydroxyl groups is 1. The summed E-state index contributed by atoms with van der Waals surface area (Å²) in [4.78, 5) is 37.0. The summed E-state index contributed by atoms with van der Waals surface area (Å²) in [6.07, 6.45) is 0.866. The first-order valence-corrected chi connectivity index (χ1v) is 16.5. The van der Waals surface area contributed by atoms with E-state index in [-0.39, 0.29) is 30.9 Å². The van der Waals surface area contributed by atoms with Gasteiger partial charge in [0.05, 0.1) is 25.9 Å². The molecule has 4 aliphatic rings. The molecule has 1 saturated heterocycles. The van der Waals surface area contributed by atoms with E-state index >= 15 is 0 Å². The number of carbonyl (C=O) groups excluding carboxylic acids is 2. The summed E-state index contributed by atoms with van der Waals surface area (Å²) in [5.41, 5.74) is 10.4. The Morgan fingerprint density at radius 2 is 1.89 bits per heavy atom. The summed E-state index contributed by atoms with van der Waals surface area (Å²) in [7, 11) is 8.98. The highest BCUT2D eigenvalue weighted by Gasteiger charge is 2.57. The highest BCUT2D eigenvalue weighted by Crippen LogP contribution is 2.61. The second kappa shape index (κ2) is 13.1. The number of nitrogens with zero attached hydrogens (tertiary/aromatic N) is 3. The molecule has 2 amide bonds. The van der Waals surface area contributed by atoms with Crippen LogP contribution in [0.25, 0.3) is 11.1 Å². The maximum atomic E-state index is 14.2. The number of rotatable bonds is 10. The van der Waals surface area contributed by atoms with Gasteiger partial charge in [-0.25, -0.2) is 0 Å². The standard InChI is InChI=1S/C36H53N5O5/c1-20-28-16-25(36(28,3)4)17-29(20)38-34(43)32-31(21(2)42)30(18-37)46-41(32)19-22-11-10-12-27(33(22)45-9)23-13-24(35(44)40(7)8)15-26(14-23)39(5)6/h10-15,20-21,25,28-32,42H,16-19,37H2,1-9H3,(H,38,43)/t20-,21-,25+,28+,29-,30-,31+,32-/m0/s1. The average Bonchev–Trinajstić information content (AvgIpc) is 3.39. The minimum absolute atomic E-state index is 0.0820. The third kappa shape index (κ3) is 6.12. The maximum Gasteiger partial charge on any atom is 0.253 e. The molecule has 2 bridgehead atoms. The topological polar surface area (TPSA) is 121 Å². The number of hydrogen-bond acceptors (Lipinski definition) is 8. The fraction of sp³-hybridized carbons (Fsp3) is 0.611. The van der Waals surface area contributed by atoms with Crippen molar-refractivity contribution in [1.29, 1.82) is 0 Å². The van der Waals surface area contributed by atoms with Crippen molar-refractivity contribution in [2.75, 3.05) is 46.7 Å². The summed E-state index contributed by atoms with van der Waals surface area (Å²) in [5, 5.41) is 16.0. The van der Waals surface area contributed by atoms with Crippen LogP contribution in [0.2, 0.25) is 0 Å². The molecule has 2 aromatic rings. The van der Waals surface area contributed by atoms with Gasteiger partial charge in [-0.05, 0) is 66.7 Å². The number of methoxy groups -OCH3 is 1. The van der Waals surface area contributed by atoms with Gasteiger partial charge in [-0.1, -0.05) is 39.0 Å². The molecule has 4 N–H and O–H groups in total. The largest absolute Gasteiger partial charge is 0.496 e. The molecule has 6 rings (SSSR count). The molecule has 1 heterocycles. The van der Waals surface area contributed by atoms with E-state index in [1.807, 2.05) is 55.4 Å². The van der Waals surface area contributed by atoms with Crippen LogP contribution >= 0.6 is 0 Å². The lowest BCUT2D eigenvalue weighted by Gasteiger charge is -2.62. The summed E-state index contributed by atoms with van der Waals surface area (Å²) < 4.78 is 6.02. The van der Waals surface area contributed by atoms with E-state index in [1.54, 1.807) is 38.1 Å². The number of anilines is 1. The third-order valence-electron chi connectivity index (χ3n) is 11.1. The van der Waals surface area contributed by atoms with E-state index in [4.69, 9.17) is 15.3 Å². The smallest absolute Gasteiger partial charge is 0.253 e. The van der Waals surface area contributed by atoms with Gasteiger partial charge in [-0.2, -0.15) is 5.06 Å². The van der Waals surface area contributed by atoms with Gasteiger partial charge < -0.3 is 30.7 Å². The zero-order chi connectivity index (χ0) is 33.7. The number of carbonyl (C=O) groups is 2. The molecule has 2 aromatic carbocycles. The van der Waals surface area contributed by atoms with E-state index in [1.165, 1.54) is 6.42 Å². The van der Waals surface area contributed by atoms with Crippen LogP contribution < -0.4 is 20.7 Å². The van der Waals surface area contributed by atoms with Crippen LogP contribution in [0, 0.1) is 29.1 Å². The van der Waals surface area contributed by atoms with Gasteiger partial charge in [0, 0.05) is 69.1 Å². The molecule has 10 heteroatoms. The monoisotopic (exact) mass is 635 g/mol. The molecular weight excluding hydrogens is 582 g/mol. The highest BCUT2D eigenvalue weighted by atomic mass is 16.7. The van der Waals surface area contributed by atoms with E-state index in [0.29, 0.717) is 34.5 Å². The molecule has 3 saturated carbocycles. The van der Waals surface area contributed by atoms with Crippen LogP contribution in [0.4, 0.5) is 5.69 Å². The number of para-hydroxylation sites is 1. The molecule has 252 valence electrons. The number of fused-ring (bicyclic) bond motifs is 2. The predicted octanol–water partition coefficient (Wildman–Crippen LogP) is 3.76. The fourth-order valence-electron chi connectivity index (χ4n) is 8.28. The molecule has 46 heavy (non-hydrogen) atoms. The van der Waals surface area contributed by atoms with E-state index in [2.05, 4.69) is 26.1 Å². The van der Waals surface area contributed by atoms with Crippen molar-refractivity contribution in [3.63, 3.8) is 0 Å². The number of hydrogen-bond donors (Lipinski definition) is 3. The Morgan fingerprint density at radius 3 is 2.46 bits per heavy atom. The van der Waals surface area contributed by atoms with E-state index in [9.17, 15) is 14.7 Å². The Labute approximate surface area is 274 Å². The Hall–Kier alpha value is -3.18. The van der Waals surface area contributed by atoms with Crippen LogP contribution in [-0.2, 0) is 16.2 Å². The lowest BCUT2D eigenvalue weighted by molar-refractivity contribution is -0.175. The van der Waals surface area contributed by atoms with Gasteiger partial charge in [-0.3, -0.25) is 14.4 Å². The first kappa shape index (κ1) is 34.2. The summed E-state index contributed by atoms with van der Waals surface area (Å²) in [6.45, 7) is 9.06. The second-order valence-corrected chi connectivity index (χ2v) is 14.6. The van der Waals surface area contributed by atoms with Gasteiger partial charge in [-0.15, -0.1) is 0 Å². The van der Waals surface area contributed by atoms with Crippen molar-refractivity contribution >= 4 is 17.5 Å². The lowest BCUT2D eigenvalue weighted by atomic mass is 9.45. The quantitative estimate of drug-likeness (QED) is 0.361. The van der Waals surface area contributed by atoms with Crippen LogP contribution in [0.15, 0.2) is 36.4 Å². The van der Waals surface area contributed by atoms with E-state index < -0.39 is 24.2 Å². The second-order valence-electron chi connectivity index (χ2n) is 14.6. The number of hydroxylamine groups is 2. The first-order chi connectivity index (χ1) is 21.7. The SMILES string of the molecule is COc1c(CN2O[C@@H](CN)[C@@H]([C@H](C)O)[C@H]2C(=O)N[C@H]2C[C@H]3C[C@H]([C@@H]2C)C3(C)C)cccc1-c1cc(C(=O)N(C)C)cc(N(C)C)c1. The van der Waals surface area contributed by atoms with Gasteiger partial charge in [0.1, 0.15) is 11.8 Å². The highest BCUT2D eigenvalue weighted by molar-refractivity contribution is 5.97. The summed E-state index contributed by atoms with van der Waals surface area (Å²) in [5.74, 6) is 1.45. The van der Waals surface area contributed by atoms with Crippen molar-refractivity contribution in [2.45, 2.75) is 71.4 Å². The summed E-state index contributed by atoms with van der Waals surface area (Å²) in [6, 6.07) is 11.0. The predicted molar refractivity (Wildman–Crippen MR) is 180 cm³/mol. The normalized spacial score (nSPS) is 29.1. The van der Waals surface area contributed by atoms with Gasteiger partial charge in [0.25, 0.3) is 5.91 Å². The number of amides is 2. The number of benzene rings is 2. The van der Waals surface area contributed by atoms with Crippen molar-refractivity contribution in [2.24, 2.45) is 34.8 Å². The Bertz CT molecular complexity index is 1440. The zero-order valence-electron chi connectivity index (χ0n) is 28.9. The number of nitrogens with two attached hydrogens (primary N) is 1. The number of ether oxygens (including phenoxy) is 1. The van der Waals surface area contributed by atoms with Gasteiger partial charge >= 0.3 is 0 Å². The van der Waals surface area contributed by atoms with Crippen molar-refractivity contribution in [1.82, 2.24) is 15.3 Å². The molecule has 0 unspecified atom stereocenters. The third-order valence-corrected chi connectivity index (χ3v) is 11.1. The van der Waals surface area contributed by atoms with E-state index in [0.717, 1.165) is 28.8 Å². The Balaban J connectivity index is 1.47. The molecule has 4 fully saturated rings. The van der Waals surface area contributed by atoms with Crippen LogP contribution in [0.1, 0.15) is 56.5 Å². The zero-order valence-corrected chi connectivity index (χ0v) is 28.9. The Morgan fingerprint density at radius 1 is 1.17 bits per heavy atom. The van der Waals surface area contributed by atoms with Crippen molar-refractivity contribution < 1.29 is 24.3 Å². The molecule has 3 aliphatic carbocycles. The van der Waals surface area contributed by atoms with Gasteiger partial charge in [0.2, 0.25) is 5.91 Å². The Kier molecular flexibility index (Phi) is 9.76. The molecule has 10 nitrogen and oxygen atoms in total. The molecule has 1 aliphatic heterocycles. The minimum atomic E-state index is -0.805. The number of nitrogens with one attached hydrogen (secondary N) is 1. The molecule has 8 atom stereocenters. The molecule has 0 aromatic heterocycles. The van der Waals surface area contributed by atoms with Crippen LogP contribution in [0.3, 0.4) is 0 Å². The maximum absolute atomic E-state index is 14.2. The summed E-state index contributed by atoms with van der Waals surface area (Å²) >= 11 is 0. The van der Waals surface area contributed by atoms with Gasteiger partial charge in [0.15, 0.2) is 0 Å². The molecular formula is C36H53N5O5. The van der Waals surface area contributed by atoms with Crippen LogP contribution in [-0.4, -0.2) is 93.0 Å². The fourth-order valence-corrected chi connectivity index (χ4v) is 8.28. The average molecular weight is 636 g/mol.